The number of aliphatic hydroxyl groups is 2. The predicted molar refractivity (Wildman–Crippen MR) is 96.4 cm³/mol. The number of aromatic nitrogens is 4. The maximum atomic E-state index is 9.66. The van der Waals surface area contributed by atoms with Crippen molar-refractivity contribution in [2.75, 3.05) is 18.6 Å². The third kappa shape index (κ3) is 3.78. The van der Waals surface area contributed by atoms with Crippen molar-refractivity contribution in [2.24, 2.45) is 0 Å². The van der Waals surface area contributed by atoms with E-state index in [1.807, 2.05) is 11.9 Å². The van der Waals surface area contributed by atoms with Gasteiger partial charge in [-0.05, 0) is 19.4 Å². The standard InChI is InChI=1S/C18H23N5O2/c1-12-4-13(2)6-14(5-12)7-22(3)17-16-18(20-10-19-17)23(11-21-16)8-15(25)9-24/h4-6,10-11,15,24-25H,7-9H2,1-3H3/t15-/m0/s1. The number of rotatable bonds is 6. The average Bonchev–Trinajstić information content (AvgIpc) is 2.96. The molecule has 0 fully saturated rings. The van der Waals surface area contributed by atoms with E-state index in [1.165, 1.54) is 23.0 Å². The molecule has 2 heterocycles. The molecule has 0 spiro atoms. The minimum atomic E-state index is -0.844. The van der Waals surface area contributed by atoms with E-state index in [9.17, 15) is 5.11 Å². The lowest BCUT2D eigenvalue weighted by Crippen LogP contribution is -2.20. The summed E-state index contributed by atoms with van der Waals surface area (Å²) in [5.41, 5.74) is 5.00. The van der Waals surface area contributed by atoms with Gasteiger partial charge in [0, 0.05) is 13.6 Å². The van der Waals surface area contributed by atoms with E-state index in [1.54, 1.807) is 10.9 Å². The third-order valence-corrected chi connectivity index (χ3v) is 4.06. The summed E-state index contributed by atoms with van der Waals surface area (Å²) < 4.78 is 1.73. The molecule has 0 saturated heterocycles. The van der Waals surface area contributed by atoms with E-state index >= 15 is 0 Å². The predicted octanol–water partition coefficient (Wildman–Crippen LogP) is 1.43. The van der Waals surface area contributed by atoms with Crippen LogP contribution in [0.4, 0.5) is 5.82 Å². The van der Waals surface area contributed by atoms with Gasteiger partial charge in [-0.15, -0.1) is 0 Å². The Labute approximate surface area is 146 Å². The fraction of sp³-hybridized carbons (Fsp3) is 0.389. The van der Waals surface area contributed by atoms with Crippen molar-refractivity contribution in [3.8, 4) is 0 Å². The number of nitrogens with zero attached hydrogens (tertiary/aromatic N) is 5. The Morgan fingerprint density at radius 2 is 1.84 bits per heavy atom. The number of aliphatic hydroxyl groups excluding tert-OH is 2. The zero-order valence-electron chi connectivity index (χ0n) is 14.7. The first-order chi connectivity index (χ1) is 12.0. The van der Waals surface area contributed by atoms with E-state index in [-0.39, 0.29) is 13.2 Å². The highest BCUT2D eigenvalue weighted by atomic mass is 16.3. The van der Waals surface area contributed by atoms with Gasteiger partial charge in [0.2, 0.25) is 0 Å². The van der Waals surface area contributed by atoms with Crippen LogP contribution in [-0.2, 0) is 13.1 Å². The van der Waals surface area contributed by atoms with Crippen LogP contribution < -0.4 is 4.90 Å². The Kier molecular flexibility index (Phi) is 4.96. The Morgan fingerprint density at radius 1 is 1.12 bits per heavy atom. The van der Waals surface area contributed by atoms with Crippen LogP contribution in [0.5, 0.6) is 0 Å². The average molecular weight is 341 g/mol. The van der Waals surface area contributed by atoms with Gasteiger partial charge in [0.05, 0.1) is 25.6 Å². The van der Waals surface area contributed by atoms with Crippen LogP contribution in [0.1, 0.15) is 16.7 Å². The van der Waals surface area contributed by atoms with Gasteiger partial charge in [0.25, 0.3) is 0 Å². The smallest absolute Gasteiger partial charge is 0.165 e. The number of hydrogen-bond donors (Lipinski definition) is 2. The van der Waals surface area contributed by atoms with Gasteiger partial charge in [0.15, 0.2) is 17.0 Å². The summed E-state index contributed by atoms with van der Waals surface area (Å²) in [6.07, 6.45) is 2.27. The largest absolute Gasteiger partial charge is 0.394 e. The molecule has 132 valence electrons. The summed E-state index contributed by atoms with van der Waals surface area (Å²) in [5, 5.41) is 18.7. The Morgan fingerprint density at radius 3 is 2.52 bits per heavy atom. The second-order valence-electron chi connectivity index (χ2n) is 6.45. The van der Waals surface area contributed by atoms with Gasteiger partial charge < -0.3 is 19.7 Å². The van der Waals surface area contributed by atoms with Crippen LogP contribution in [0, 0.1) is 13.8 Å². The van der Waals surface area contributed by atoms with Gasteiger partial charge in [-0.1, -0.05) is 29.3 Å². The molecule has 1 atom stereocenters. The molecular formula is C18H23N5O2. The molecule has 3 aromatic rings. The summed E-state index contributed by atoms with van der Waals surface area (Å²) in [4.78, 5) is 15.1. The first-order valence-corrected chi connectivity index (χ1v) is 8.21. The van der Waals surface area contributed by atoms with E-state index in [0.29, 0.717) is 17.7 Å². The molecule has 7 nitrogen and oxygen atoms in total. The summed E-state index contributed by atoms with van der Waals surface area (Å²) in [6.45, 7) is 4.83. The first kappa shape index (κ1) is 17.3. The summed E-state index contributed by atoms with van der Waals surface area (Å²) in [6, 6.07) is 6.48. The Hall–Kier alpha value is -2.51. The quantitative estimate of drug-likeness (QED) is 0.705. The Bertz CT molecular complexity index is 857. The van der Waals surface area contributed by atoms with Crippen molar-refractivity contribution in [1.82, 2.24) is 19.5 Å². The fourth-order valence-electron chi connectivity index (χ4n) is 3.08. The van der Waals surface area contributed by atoms with Gasteiger partial charge in [0.1, 0.15) is 6.33 Å². The second-order valence-corrected chi connectivity index (χ2v) is 6.45. The molecule has 0 radical (unpaired) electrons. The molecule has 3 rings (SSSR count). The topological polar surface area (TPSA) is 87.3 Å². The van der Waals surface area contributed by atoms with Crippen molar-refractivity contribution in [2.45, 2.75) is 33.0 Å². The molecule has 7 heteroatoms. The molecule has 2 N–H and O–H groups in total. The van der Waals surface area contributed by atoms with Gasteiger partial charge in [-0.3, -0.25) is 0 Å². The van der Waals surface area contributed by atoms with E-state index in [0.717, 1.165) is 5.82 Å². The van der Waals surface area contributed by atoms with Gasteiger partial charge in [-0.2, -0.15) is 0 Å². The van der Waals surface area contributed by atoms with Crippen LogP contribution in [-0.4, -0.2) is 49.5 Å². The summed E-state index contributed by atoms with van der Waals surface area (Å²) in [7, 11) is 1.97. The van der Waals surface area contributed by atoms with E-state index < -0.39 is 6.10 Å². The maximum absolute atomic E-state index is 9.66. The molecule has 0 amide bonds. The van der Waals surface area contributed by atoms with Crippen LogP contribution in [0.15, 0.2) is 30.9 Å². The van der Waals surface area contributed by atoms with Gasteiger partial charge in [-0.25, -0.2) is 15.0 Å². The van der Waals surface area contributed by atoms with E-state index in [4.69, 9.17) is 5.11 Å². The first-order valence-electron chi connectivity index (χ1n) is 8.21. The molecule has 0 aliphatic carbocycles. The molecule has 0 saturated carbocycles. The summed E-state index contributed by atoms with van der Waals surface area (Å²) in [5.74, 6) is 0.737. The molecule has 0 aliphatic heterocycles. The summed E-state index contributed by atoms with van der Waals surface area (Å²) >= 11 is 0. The molecule has 0 unspecified atom stereocenters. The lowest BCUT2D eigenvalue weighted by Gasteiger charge is -2.19. The lowest BCUT2D eigenvalue weighted by atomic mass is 10.1. The molecule has 25 heavy (non-hydrogen) atoms. The van der Waals surface area contributed by atoms with Crippen molar-refractivity contribution >= 4 is 17.0 Å². The van der Waals surface area contributed by atoms with Crippen LogP contribution in [0.25, 0.3) is 11.2 Å². The van der Waals surface area contributed by atoms with E-state index in [2.05, 4.69) is 47.0 Å². The van der Waals surface area contributed by atoms with Crippen molar-refractivity contribution in [3.05, 3.63) is 47.5 Å². The van der Waals surface area contributed by atoms with Gasteiger partial charge >= 0.3 is 0 Å². The number of anilines is 1. The van der Waals surface area contributed by atoms with Crippen molar-refractivity contribution in [1.29, 1.82) is 0 Å². The second kappa shape index (κ2) is 7.16. The van der Waals surface area contributed by atoms with Crippen LogP contribution in [0.2, 0.25) is 0 Å². The highest BCUT2D eigenvalue weighted by Crippen LogP contribution is 2.22. The maximum Gasteiger partial charge on any atom is 0.165 e. The number of hydrogen-bond acceptors (Lipinski definition) is 6. The zero-order chi connectivity index (χ0) is 18.0. The van der Waals surface area contributed by atoms with Crippen LogP contribution >= 0.6 is 0 Å². The number of aryl methyl sites for hydroxylation is 2. The minimum absolute atomic E-state index is 0.240. The number of fused-ring (bicyclic) bond motifs is 1. The number of imidazole rings is 1. The highest BCUT2D eigenvalue weighted by Gasteiger charge is 2.15. The SMILES string of the molecule is Cc1cc(C)cc(CN(C)c2ncnc3c2ncn3C[C@H](O)CO)c1. The molecule has 1 aromatic carbocycles. The molecule has 2 aromatic heterocycles. The third-order valence-electron chi connectivity index (χ3n) is 4.06. The molecular weight excluding hydrogens is 318 g/mol. The number of benzene rings is 1. The zero-order valence-corrected chi connectivity index (χ0v) is 14.7. The minimum Gasteiger partial charge on any atom is -0.394 e. The van der Waals surface area contributed by atoms with Crippen molar-refractivity contribution < 1.29 is 10.2 Å². The van der Waals surface area contributed by atoms with Crippen LogP contribution in [0.3, 0.4) is 0 Å². The lowest BCUT2D eigenvalue weighted by molar-refractivity contribution is 0.0820. The monoisotopic (exact) mass is 341 g/mol. The normalized spacial score (nSPS) is 12.5. The molecule has 0 aliphatic rings. The highest BCUT2D eigenvalue weighted by molar-refractivity contribution is 5.83. The fourth-order valence-corrected chi connectivity index (χ4v) is 3.08. The molecule has 0 bridgehead atoms. The van der Waals surface area contributed by atoms with Crippen molar-refractivity contribution in [3.63, 3.8) is 0 Å². The Balaban J connectivity index is 1.90.